The van der Waals surface area contributed by atoms with Gasteiger partial charge in [-0.15, -0.1) is 11.3 Å². The van der Waals surface area contributed by atoms with Crippen molar-refractivity contribution in [3.63, 3.8) is 0 Å². The van der Waals surface area contributed by atoms with Gasteiger partial charge in [0.2, 0.25) is 0 Å². The fourth-order valence-corrected chi connectivity index (χ4v) is 4.06. The fourth-order valence-electron chi connectivity index (χ4n) is 3.24. The molecule has 0 bridgehead atoms. The van der Waals surface area contributed by atoms with E-state index in [1.54, 1.807) is 6.92 Å². The number of hydrazine groups is 1. The van der Waals surface area contributed by atoms with E-state index in [1.165, 1.54) is 17.5 Å². The normalized spacial score (nSPS) is 18.4. The molecule has 1 atom stereocenters. The first-order valence-electron chi connectivity index (χ1n) is 9.49. The first-order chi connectivity index (χ1) is 14.5. The van der Waals surface area contributed by atoms with Crippen LogP contribution in [0.2, 0.25) is 0 Å². The summed E-state index contributed by atoms with van der Waals surface area (Å²) < 4.78 is 0. The summed E-state index contributed by atoms with van der Waals surface area (Å²) in [5.74, 6) is -1.03. The summed E-state index contributed by atoms with van der Waals surface area (Å²) in [6.45, 7) is 1.67. The smallest absolute Gasteiger partial charge is 0.322 e. The van der Waals surface area contributed by atoms with E-state index in [4.69, 9.17) is 0 Å². The van der Waals surface area contributed by atoms with Crippen molar-refractivity contribution in [1.82, 2.24) is 20.7 Å². The van der Waals surface area contributed by atoms with E-state index < -0.39 is 23.4 Å². The molecule has 1 aromatic heterocycles. The number of benzene rings is 2. The summed E-state index contributed by atoms with van der Waals surface area (Å²) in [5, 5.41) is 4.14. The summed E-state index contributed by atoms with van der Waals surface area (Å²) in [6.07, 6.45) is 2.49. The number of rotatable bonds is 6. The van der Waals surface area contributed by atoms with E-state index in [1.807, 2.05) is 60.7 Å². The number of carbonyl (C=O) groups is 3. The van der Waals surface area contributed by atoms with Crippen LogP contribution in [0, 0.1) is 0 Å². The van der Waals surface area contributed by atoms with Gasteiger partial charge in [0.25, 0.3) is 11.8 Å². The maximum absolute atomic E-state index is 12.9. The molecular weight excluding hydrogens is 400 g/mol. The van der Waals surface area contributed by atoms with Gasteiger partial charge in [-0.1, -0.05) is 60.7 Å². The minimum absolute atomic E-state index is 0.312. The van der Waals surface area contributed by atoms with Crippen molar-refractivity contribution in [3.8, 4) is 10.6 Å². The number of hydrogen-bond donors (Lipinski definition) is 2. The molecule has 3 aromatic rings. The monoisotopic (exact) mass is 420 g/mol. The number of amides is 4. The van der Waals surface area contributed by atoms with E-state index in [2.05, 4.69) is 15.7 Å². The molecule has 30 heavy (non-hydrogen) atoms. The Morgan fingerprint density at radius 2 is 1.77 bits per heavy atom. The number of nitrogens with zero attached hydrogens (tertiary/aromatic N) is 2. The standard InChI is InChI=1S/C22H20N4O3S/c1-22(13-12-15-8-4-2-5-9-15)20(28)26(21(29)24-22)25-18(27)17-14-23-19(30-17)16-10-6-3-7-11-16/h2-11,14H,12-13H2,1H3,(H,24,29)(H,25,27). The van der Waals surface area contributed by atoms with Crippen LogP contribution in [0.1, 0.15) is 28.6 Å². The molecule has 8 heteroatoms. The van der Waals surface area contributed by atoms with Crippen molar-refractivity contribution in [1.29, 1.82) is 0 Å². The number of aryl methyl sites for hydroxylation is 1. The number of nitrogens with one attached hydrogen (secondary N) is 2. The zero-order valence-electron chi connectivity index (χ0n) is 16.3. The van der Waals surface area contributed by atoms with Gasteiger partial charge in [-0.2, -0.15) is 5.01 Å². The summed E-state index contributed by atoms with van der Waals surface area (Å²) >= 11 is 1.19. The lowest BCUT2D eigenvalue weighted by molar-refractivity contribution is -0.132. The van der Waals surface area contributed by atoms with Crippen molar-refractivity contribution >= 4 is 29.2 Å². The number of imide groups is 1. The molecule has 7 nitrogen and oxygen atoms in total. The second-order valence-corrected chi connectivity index (χ2v) is 8.26. The van der Waals surface area contributed by atoms with Gasteiger partial charge in [-0.25, -0.2) is 9.78 Å². The van der Waals surface area contributed by atoms with Crippen molar-refractivity contribution < 1.29 is 14.4 Å². The number of hydrogen-bond acceptors (Lipinski definition) is 5. The highest BCUT2D eigenvalue weighted by molar-refractivity contribution is 7.16. The molecule has 152 valence electrons. The second-order valence-electron chi connectivity index (χ2n) is 7.23. The van der Waals surface area contributed by atoms with Gasteiger partial charge < -0.3 is 5.32 Å². The van der Waals surface area contributed by atoms with Gasteiger partial charge in [0.05, 0.1) is 6.20 Å². The summed E-state index contributed by atoms with van der Waals surface area (Å²) in [6, 6.07) is 18.6. The molecule has 2 heterocycles. The molecule has 4 amide bonds. The molecule has 2 aromatic carbocycles. The summed E-state index contributed by atoms with van der Waals surface area (Å²) in [4.78, 5) is 42.4. The van der Waals surface area contributed by atoms with Crippen LogP contribution < -0.4 is 10.7 Å². The third kappa shape index (κ3) is 3.95. The van der Waals surface area contributed by atoms with Gasteiger partial charge in [0.15, 0.2) is 0 Å². The molecule has 0 radical (unpaired) electrons. The molecule has 1 aliphatic rings. The second kappa shape index (κ2) is 8.08. The topological polar surface area (TPSA) is 91.4 Å². The van der Waals surface area contributed by atoms with Crippen molar-refractivity contribution in [2.45, 2.75) is 25.3 Å². The van der Waals surface area contributed by atoms with Gasteiger partial charge in [-0.05, 0) is 25.3 Å². The molecule has 1 aliphatic heterocycles. The molecule has 0 saturated carbocycles. The van der Waals surface area contributed by atoms with Gasteiger partial charge >= 0.3 is 6.03 Å². The maximum atomic E-state index is 12.9. The Morgan fingerprint density at radius 3 is 2.47 bits per heavy atom. The predicted molar refractivity (Wildman–Crippen MR) is 114 cm³/mol. The Morgan fingerprint density at radius 1 is 1.10 bits per heavy atom. The number of thiazole rings is 1. The quantitative estimate of drug-likeness (QED) is 0.598. The molecule has 0 spiro atoms. The first-order valence-corrected chi connectivity index (χ1v) is 10.3. The van der Waals surface area contributed by atoms with E-state index in [0.717, 1.165) is 16.1 Å². The van der Waals surface area contributed by atoms with Crippen LogP contribution in [0.15, 0.2) is 66.9 Å². The van der Waals surface area contributed by atoms with Crippen molar-refractivity contribution in [2.24, 2.45) is 0 Å². The lowest BCUT2D eigenvalue weighted by atomic mass is 9.93. The maximum Gasteiger partial charge on any atom is 0.344 e. The lowest BCUT2D eigenvalue weighted by Crippen LogP contribution is -2.48. The van der Waals surface area contributed by atoms with Crippen LogP contribution in [-0.4, -0.2) is 33.4 Å². The average Bonchev–Trinajstić information content (AvgIpc) is 3.34. The van der Waals surface area contributed by atoms with Crippen molar-refractivity contribution in [3.05, 3.63) is 77.3 Å². The minimum atomic E-state index is -1.08. The van der Waals surface area contributed by atoms with Gasteiger partial charge in [0.1, 0.15) is 15.4 Å². The number of carbonyl (C=O) groups excluding carboxylic acids is 3. The van der Waals surface area contributed by atoms with Crippen LogP contribution in [0.25, 0.3) is 10.6 Å². The molecular formula is C22H20N4O3S. The highest BCUT2D eigenvalue weighted by atomic mass is 32.1. The Labute approximate surface area is 177 Å². The first kappa shape index (κ1) is 19.8. The minimum Gasteiger partial charge on any atom is -0.322 e. The summed E-state index contributed by atoms with van der Waals surface area (Å²) in [7, 11) is 0. The highest BCUT2D eigenvalue weighted by Gasteiger charge is 2.48. The van der Waals surface area contributed by atoms with Crippen molar-refractivity contribution in [2.75, 3.05) is 0 Å². The molecule has 1 fully saturated rings. The lowest BCUT2D eigenvalue weighted by Gasteiger charge is -2.21. The number of urea groups is 1. The zero-order chi connectivity index (χ0) is 21.1. The SMILES string of the molecule is CC1(CCc2ccccc2)NC(=O)N(NC(=O)c2cnc(-c3ccccc3)s2)C1=O. The third-order valence-corrected chi connectivity index (χ3v) is 6.03. The van der Waals surface area contributed by atoms with Gasteiger partial charge in [-0.3, -0.25) is 15.0 Å². The number of aromatic nitrogens is 1. The fraction of sp³-hybridized carbons (Fsp3) is 0.182. The molecule has 1 saturated heterocycles. The van der Waals surface area contributed by atoms with E-state index >= 15 is 0 Å². The molecule has 1 unspecified atom stereocenters. The Kier molecular flexibility index (Phi) is 5.33. The Hall–Kier alpha value is -3.52. The van der Waals surface area contributed by atoms with Crippen LogP contribution >= 0.6 is 11.3 Å². The molecule has 4 rings (SSSR count). The van der Waals surface area contributed by atoms with E-state index in [-0.39, 0.29) is 0 Å². The van der Waals surface area contributed by atoms with Crippen LogP contribution in [0.4, 0.5) is 4.79 Å². The van der Waals surface area contributed by atoms with Crippen LogP contribution in [0.5, 0.6) is 0 Å². The Balaban J connectivity index is 1.43. The predicted octanol–water partition coefficient (Wildman–Crippen LogP) is 3.40. The summed E-state index contributed by atoms with van der Waals surface area (Å²) in [5.41, 5.74) is 3.30. The average molecular weight is 420 g/mol. The highest BCUT2D eigenvalue weighted by Crippen LogP contribution is 2.26. The largest absolute Gasteiger partial charge is 0.344 e. The van der Waals surface area contributed by atoms with Crippen LogP contribution in [0.3, 0.4) is 0 Å². The third-order valence-electron chi connectivity index (χ3n) is 4.98. The van der Waals surface area contributed by atoms with Gasteiger partial charge in [0, 0.05) is 5.56 Å². The zero-order valence-corrected chi connectivity index (χ0v) is 17.1. The van der Waals surface area contributed by atoms with E-state index in [9.17, 15) is 14.4 Å². The van der Waals surface area contributed by atoms with Crippen LogP contribution in [-0.2, 0) is 11.2 Å². The molecule has 0 aliphatic carbocycles. The molecule has 2 N–H and O–H groups in total. The van der Waals surface area contributed by atoms with E-state index in [0.29, 0.717) is 22.7 Å². The Bertz CT molecular complexity index is 1080.